The fourth-order valence-electron chi connectivity index (χ4n) is 1.74. The first kappa shape index (κ1) is 14.5. The van der Waals surface area contributed by atoms with Crippen LogP contribution in [0.25, 0.3) is 22.6 Å². The molecule has 0 amide bonds. The molecular weight excluding hydrogens is 526 g/mol. The molecule has 0 spiro atoms. The molecule has 4 nitrogen and oxygen atoms in total. The van der Waals surface area contributed by atoms with Crippen molar-refractivity contribution < 1.29 is 9.52 Å². The van der Waals surface area contributed by atoms with Gasteiger partial charge >= 0.3 is 0 Å². The molecule has 1 aromatic carbocycles. The molecule has 0 unspecified atom stereocenters. The monoisotopic (exact) mass is 525 g/mol. The molecular formula is C12H3Br4NO3. The van der Waals surface area contributed by atoms with Gasteiger partial charge in [-0.2, -0.15) is 0 Å². The van der Waals surface area contributed by atoms with Crippen molar-refractivity contribution in [2.45, 2.75) is 0 Å². The number of hydrogen-bond acceptors (Lipinski definition) is 4. The minimum atomic E-state index is -0.222. The zero-order valence-electron chi connectivity index (χ0n) is 9.38. The van der Waals surface area contributed by atoms with Crippen molar-refractivity contribution >= 4 is 74.8 Å². The van der Waals surface area contributed by atoms with E-state index in [0.29, 0.717) is 36.0 Å². The molecule has 1 aliphatic carbocycles. The quantitative estimate of drug-likeness (QED) is 0.415. The smallest absolute Gasteiger partial charge is 0.210 e. The lowest BCUT2D eigenvalue weighted by atomic mass is 10.2. The zero-order valence-corrected chi connectivity index (χ0v) is 15.7. The van der Waals surface area contributed by atoms with Gasteiger partial charge in [0, 0.05) is 0 Å². The third kappa shape index (κ3) is 2.13. The number of aromatic hydroxyl groups is 1. The molecule has 0 atom stereocenters. The lowest BCUT2D eigenvalue weighted by molar-refractivity contribution is 0.467. The summed E-state index contributed by atoms with van der Waals surface area (Å²) in [5, 5.41) is 9.88. The lowest BCUT2D eigenvalue weighted by Crippen LogP contribution is -2.06. The van der Waals surface area contributed by atoms with Crippen LogP contribution >= 0.6 is 63.7 Å². The van der Waals surface area contributed by atoms with Crippen LogP contribution in [0.1, 0.15) is 0 Å². The van der Waals surface area contributed by atoms with Crippen LogP contribution in [0.2, 0.25) is 0 Å². The maximum Gasteiger partial charge on any atom is 0.210 e. The Kier molecular flexibility index (Phi) is 3.68. The number of fused-ring (bicyclic) bond motifs is 2. The van der Waals surface area contributed by atoms with Crippen LogP contribution in [-0.4, -0.2) is 10.1 Å². The summed E-state index contributed by atoms with van der Waals surface area (Å²) in [7, 11) is 0. The van der Waals surface area contributed by atoms with E-state index in [2.05, 4.69) is 68.7 Å². The van der Waals surface area contributed by atoms with Crippen LogP contribution in [-0.2, 0) is 0 Å². The van der Waals surface area contributed by atoms with Crippen molar-refractivity contribution in [2.24, 2.45) is 0 Å². The Morgan fingerprint density at radius 3 is 2.45 bits per heavy atom. The molecule has 0 saturated heterocycles. The van der Waals surface area contributed by atoms with Gasteiger partial charge in [0.05, 0.1) is 8.95 Å². The average Bonchev–Trinajstić information content (AvgIpc) is 2.41. The maximum absolute atomic E-state index is 11.9. The van der Waals surface area contributed by atoms with Crippen molar-refractivity contribution in [1.29, 1.82) is 0 Å². The van der Waals surface area contributed by atoms with Gasteiger partial charge in [-0.15, -0.1) is 0 Å². The summed E-state index contributed by atoms with van der Waals surface area (Å²) in [6.07, 6.45) is 0. The number of hydrogen-bond donors (Lipinski definition) is 1. The minimum absolute atomic E-state index is 0.0120. The van der Waals surface area contributed by atoms with E-state index in [0.717, 1.165) is 0 Å². The largest absolute Gasteiger partial charge is 0.505 e. The number of nitrogens with zero attached hydrogens (tertiary/aromatic N) is 1. The maximum atomic E-state index is 11.9. The normalized spacial score (nSPS) is 11.4. The summed E-state index contributed by atoms with van der Waals surface area (Å²) in [5.74, 6) is 0.339. The Hall–Kier alpha value is -0.440. The van der Waals surface area contributed by atoms with E-state index in [1.807, 2.05) is 0 Å². The van der Waals surface area contributed by atoms with Crippen molar-refractivity contribution in [3.05, 3.63) is 40.2 Å². The number of rotatable bonds is 0. The van der Waals surface area contributed by atoms with Crippen molar-refractivity contribution in [3.8, 4) is 17.2 Å². The Labute approximate surface area is 146 Å². The highest BCUT2D eigenvalue weighted by molar-refractivity contribution is 9.11. The van der Waals surface area contributed by atoms with Crippen LogP contribution in [0.3, 0.4) is 0 Å². The highest BCUT2D eigenvalue weighted by atomic mass is 79.9. The van der Waals surface area contributed by atoms with Gasteiger partial charge in [-0.05, 0) is 75.9 Å². The topological polar surface area (TPSA) is 63.3 Å². The summed E-state index contributed by atoms with van der Waals surface area (Å²) < 4.78 is 7.27. The molecule has 0 aromatic heterocycles. The Morgan fingerprint density at radius 2 is 1.75 bits per heavy atom. The predicted octanol–water partition coefficient (Wildman–Crippen LogP) is 5.05. The van der Waals surface area contributed by atoms with E-state index in [-0.39, 0.29) is 15.7 Å². The third-order valence-corrected chi connectivity index (χ3v) is 5.34. The summed E-state index contributed by atoms with van der Waals surface area (Å²) in [6.45, 7) is 0. The van der Waals surface area contributed by atoms with Crippen molar-refractivity contribution in [1.82, 2.24) is 4.98 Å². The second-order valence-corrected chi connectivity index (χ2v) is 7.23. The van der Waals surface area contributed by atoms with E-state index in [4.69, 9.17) is 4.42 Å². The fourth-order valence-corrected chi connectivity index (χ4v) is 4.10. The first-order valence-electron chi connectivity index (χ1n) is 5.19. The molecule has 0 saturated carbocycles. The summed E-state index contributed by atoms with van der Waals surface area (Å²) in [5.41, 5.74) is 1.22. The van der Waals surface area contributed by atoms with Crippen molar-refractivity contribution in [3.63, 3.8) is 0 Å². The molecule has 1 aromatic rings. The van der Waals surface area contributed by atoms with Crippen molar-refractivity contribution in [2.75, 3.05) is 0 Å². The minimum Gasteiger partial charge on any atom is -0.505 e. The van der Waals surface area contributed by atoms with E-state index in [1.165, 1.54) is 0 Å². The van der Waals surface area contributed by atoms with Gasteiger partial charge in [-0.3, -0.25) is 4.79 Å². The average molecular weight is 529 g/mol. The fraction of sp³-hybridized carbons (Fsp3) is 0. The van der Waals surface area contributed by atoms with Crippen LogP contribution in [0, 0.1) is 0 Å². The van der Waals surface area contributed by atoms with Gasteiger partial charge in [0.1, 0.15) is 25.9 Å². The number of phenols is 1. The number of aromatic nitrogens is 1. The second kappa shape index (κ2) is 5.08. The van der Waals surface area contributed by atoms with Gasteiger partial charge in [-0.1, -0.05) is 0 Å². The molecule has 1 aliphatic heterocycles. The Balaban J connectivity index is 2.55. The number of phenolic OH excluding ortho intramolecular Hbond substituents is 1. The van der Waals surface area contributed by atoms with Crippen LogP contribution < -0.4 is 5.43 Å². The standard InChI is InChI=1S/C12H3Br4NO3/c13-3-1-5-11(7(15)9(3)18)20-12-6(17-5)2-4(14)10(19)8(12)16/h1-2,18H. The van der Waals surface area contributed by atoms with E-state index >= 15 is 0 Å². The summed E-state index contributed by atoms with van der Waals surface area (Å²) >= 11 is 12.9. The van der Waals surface area contributed by atoms with E-state index in [9.17, 15) is 9.90 Å². The van der Waals surface area contributed by atoms with Gasteiger partial charge in [0.2, 0.25) is 5.43 Å². The molecule has 8 heteroatoms. The molecule has 20 heavy (non-hydrogen) atoms. The van der Waals surface area contributed by atoms with E-state index < -0.39 is 0 Å². The molecule has 2 aliphatic rings. The number of halogens is 4. The van der Waals surface area contributed by atoms with Gasteiger partial charge in [0.15, 0.2) is 11.3 Å². The van der Waals surface area contributed by atoms with Gasteiger partial charge in [-0.25, -0.2) is 4.98 Å². The van der Waals surface area contributed by atoms with Crippen LogP contribution in [0.5, 0.6) is 5.75 Å². The first-order chi connectivity index (χ1) is 9.40. The molecule has 0 fully saturated rings. The molecule has 102 valence electrons. The van der Waals surface area contributed by atoms with E-state index in [1.54, 1.807) is 12.1 Å². The molecule has 1 N–H and O–H groups in total. The molecule has 1 heterocycles. The highest BCUT2D eigenvalue weighted by Gasteiger charge is 2.20. The molecule has 3 rings (SSSR count). The summed E-state index contributed by atoms with van der Waals surface area (Å²) in [4.78, 5) is 16.3. The van der Waals surface area contributed by atoms with Crippen LogP contribution in [0.15, 0.2) is 39.2 Å². The summed E-state index contributed by atoms with van der Waals surface area (Å²) in [6, 6.07) is 3.24. The Bertz CT molecular complexity index is 890. The zero-order chi connectivity index (χ0) is 14.6. The molecule has 0 radical (unpaired) electrons. The van der Waals surface area contributed by atoms with Gasteiger partial charge < -0.3 is 9.52 Å². The predicted molar refractivity (Wildman–Crippen MR) is 89.4 cm³/mol. The third-order valence-electron chi connectivity index (χ3n) is 2.69. The SMILES string of the molecule is O=c1c(Br)cc2nc3cc(Br)c(O)c(Br)c3oc-2c1Br. The van der Waals surface area contributed by atoms with Gasteiger partial charge in [0.25, 0.3) is 0 Å². The lowest BCUT2D eigenvalue weighted by Gasteiger charge is -2.10. The first-order valence-corrected chi connectivity index (χ1v) is 8.37. The molecule has 0 bridgehead atoms. The second-order valence-electron chi connectivity index (χ2n) is 3.93. The highest BCUT2D eigenvalue weighted by Crippen LogP contribution is 2.41. The Morgan fingerprint density at radius 1 is 1.05 bits per heavy atom. The van der Waals surface area contributed by atoms with Crippen LogP contribution in [0.4, 0.5) is 0 Å². The number of benzene rings is 2.